The van der Waals surface area contributed by atoms with Gasteiger partial charge in [0.25, 0.3) is 0 Å². The monoisotopic (exact) mass is 413 g/mol. The van der Waals surface area contributed by atoms with Crippen LogP contribution < -0.4 is 5.32 Å². The van der Waals surface area contributed by atoms with Gasteiger partial charge in [-0.25, -0.2) is 0 Å². The smallest absolute Gasteiger partial charge is 0.234 e. The molecule has 2 aromatic carbocycles. The van der Waals surface area contributed by atoms with E-state index in [1.807, 2.05) is 54.6 Å². The average Bonchev–Trinajstić information content (AvgIpc) is 3.18. The first-order chi connectivity index (χ1) is 13.6. The number of rotatable bonds is 5. The van der Waals surface area contributed by atoms with Crippen molar-refractivity contribution in [1.29, 1.82) is 0 Å². The van der Waals surface area contributed by atoms with Crippen molar-refractivity contribution < 1.29 is 4.79 Å². The van der Waals surface area contributed by atoms with Crippen molar-refractivity contribution in [2.45, 2.75) is 19.1 Å². The first-order valence-corrected chi connectivity index (χ1v) is 10.0. The number of aromatic nitrogens is 1. The van der Waals surface area contributed by atoms with Gasteiger partial charge in [0, 0.05) is 31.5 Å². The van der Waals surface area contributed by atoms with E-state index in [9.17, 15) is 4.79 Å². The molecule has 0 fully saturated rings. The molecule has 0 spiro atoms. The van der Waals surface area contributed by atoms with Crippen LogP contribution in [0.3, 0.4) is 0 Å². The Labute approximate surface area is 174 Å². The molecule has 1 atom stereocenters. The van der Waals surface area contributed by atoms with Crippen LogP contribution in [0.1, 0.15) is 22.9 Å². The van der Waals surface area contributed by atoms with Gasteiger partial charge in [0.05, 0.1) is 22.6 Å². The summed E-state index contributed by atoms with van der Waals surface area (Å²) in [6, 6.07) is 19.7. The summed E-state index contributed by atoms with van der Waals surface area (Å²) in [6.45, 7) is 2.49. The average molecular weight is 414 g/mol. The molecule has 144 valence electrons. The quantitative estimate of drug-likeness (QED) is 0.667. The predicted octanol–water partition coefficient (Wildman–Crippen LogP) is 4.52. The van der Waals surface area contributed by atoms with E-state index >= 15 is 0 Å². The molecule has 1 aliphatic heterocycles. The maximum Gasteiger partial charge on any atom is 0.234 e. The van der Waals surface area contributed by atoms with E-state index in [-0.39, 0.29) is 11.9 Å². The lowest BCUT2D eigenvalue weighted by Gasteiger charge is -2.37. The molecule has 3 aromatic rings. The Morgan fingerprint density at radius 3 is 2.61 bits per heavy atom. The van der Waals surface area contributed by atoms with Gasteiger partial charge in [0.15, 0.2) is 0 Å². The van der Waals surface area contributed by atoms with Crippen molar-refractivity contribution in [2.24, 2.45) is 0 Å². The molecule has 28 heavy (non-hydrogen) atoms. The number of benzene rings is 2. The van der Waals surface area contributed by atoms with Gasteiger partial charge in [-0.1, -0.05) is 59.6 Å². The highest BCUT2D eigenvalue weighted by atomic mass is 35.5. The first kappa shape index (κ1) is 19.1. The van der Waals surface area contributed by atoms with Crippen LogP contribution in [0.4, 0.5) is 0 Å². The van der Waals surface area contributed by atoms with E-state index in [0.717, 1.165) is 29.9 Å². The van der Waals surface area contributed by atoms with E-state index in [1.54, 1.807) is 0 Å². The Kier molecular flexibility index (Phi) is 5.72. The highest BCUT2D eigenvalue weighted by Gasteiger charge is 2.30. The number of nitrogens with zero attached hydrogens (tertiary/aromatic N) is 2. The summed E-state index contributed by atoms with van der Waals surface area (Å²) in [4.78, 5) is 14.8. The maximum absolute atomic E-state index is 12.6. The summed E-state index contributed by atoms with van der Waals surface area (Å²) in [7, 11) is 0. The summed E-state index contributed by atoms with van der Waals surface area (Å²) in [5, 5.41) is 4.08. The Morgan fingerprint density at radius 2 is 1.82 bits per heavy atom. The fourth-order valence-corrected chi connectivity index (χ4v) is 4.01. The summed E-state index contributed by atoms with van der Waals surface area (Å²) < 4.78 is 2.23. The van der Waals surface area contributed by atoms with E-state index in [4.69, 9.17) is 23.2 Å². The highest BCUT2D eigenvalue weighted by Crippen LogP contribution is 2.35. The number of hydrogen-bond donors (Lipinski definition) is 1. The van der Waals surface area contributed by atoms with E-state index in [2.05, 4.69) is 27.0 Å². The number of hydrogen-bond acceptors (Lipinski definition) is 2. The molecule has 6 heteroatoms. The van der Waals surface area contributed by atoms with Crippen LogP contribution in [0.2, 0.25) is 10.0 Å². The number of nitrogens with one attached hydrogen (secondary N) is 1. The molecule has 0 saturated carbocycles. The third-order valence-corrected chi connectivity index (χ3v) is 5.82. The van der Waals surface area contributed by atoms with Gasteiger partial charge < -0.3 is 9.88 Å². The molecule has 1 amide bonds. The number of fused-ring (bicyclic) bond motifs is 1. The largest absolute Gasteiger partial charge is 0.351 e. The SMILES string of the molecule is O=C(CN1CCn2cccc2C1c1ccc(Cl)c(Cl)c1)NCc1ccccc1. The molecule has 4 nitrogen and oxygen atoms in total. The first-order valence-electron chi connectivity index (χ1n) is 9.26. The second kappa shape index (κ2) is 8.39. The van der Waals surface area contributed by atoms with E-state index < -0.39 is 0 Å². The maximum atomic E-state index is 12.6. The van der Waals surface area contributed by atoms with Crippen LogP contribution in [-0.2, 0) is 17.9 Å². The van der Waals surface area contributed by atoms with Crippen LogP contribution in [-0.4, -0.2) is 28.5 Å². The Hall–Kier alpha value is -2.27. The second-order valence-corrected chi connectivity index (χ2v) is 7.75. The molecule has 1 aliphatic rings. The zero-order valence-electron chi connectivity index (χ0n) is 15.3. The van der Waals surface area contributed by atoms with Gasteiger partial charge in [-0.05, 0) is 35.4 Å². The van der Waals surface area contributed by atoms with Crippen molar-refractivity contribution in [3.05, 3.63) is 93.7 Å². The molecule has 0 saturated heterocycles. The van der Waals surface area contributed by atoms with Crippen molar-refractivity contribution in [3.8, 4) is 0 Å². The molecular weight excluding hydrogens is 393 g/mol. The van der Waals surface area contributed by atoms with Gasteiger partial charge in [0.2, 0.25) is 5.91 Å². The minimum Gasteiger partial charge on any atom is -0.351 e. The molecule has 0 bridgehead atoms. The fraction of sp³-hybridized carbons (Fsp3) is 0.227. The topological polar surface area (TPSA) is 37.3 Å². The van der Waals surface area contributed by atoms with Gasteiger partial charge in [-0.2, -0.15) is 0 Å². The number of carbonyl (C=O) groups excluding carboxylic acids is 1. The second-order valence-electron chi connectivity index (χ2n) is 6.94. The van der Waals surface area contributed by atoms with Crippen LogP contribution in [0.25, 0.3) is 0 Å². The molecule has 4 rings (SSSR count). The molecule has 0 aliphatic carbocycles. The minimum atomic E-state index is -0.0407. The molecule has 1 unspecified atom stereocenters. The highest BCUT2D eigenvalue weighted by molar-refractivity contribution is 6.42. The zero-order valence-corrected chi connectivity index (χ0v) is 16.8. The summed E-state index contributed by atoms with van der Waals surface area (Å²) in [6.07, 6.45) is 2.08. The Bertz CT molecular complexity index is 971. The number of halogens is 2. The van der Waals surface area contributed by atoms with Crippen molar-refractivity contribution in [1.82, 2.24) is 14.8 Å². The van der Waals surface area contributed by atoms with Crippen molar-refractivity contribution in [2.75, 3.05) is 13.1 Å². The van der Waals surface area contributed by atoms with Gasteiger partial charge in [-0.15, -0.1) is 0 Å². The third-order valence-electron chi connectivity index (χ3n) is 5.08. The van der Waals surface area contributed by atoms with Crippen molar-refractivity contribution >= 4 is 29.1 Å². The molecule has 2 heterocycles. The lowest BCUT2D eigenvalue weighted by molar-refractivity contribution is -0.123. The zero-order chi connectivity index (χ0) is 19.5. The summed E-state index contributed by atoms with van der Waals surface area (Å²) in [5.41, 5.74) is 3.27. The van der Waals surface area contributed by atoms with Crippen molar-refractivity contribution in [3.63, 3.8) is 0 Å². The lowest BCUT2D eigenvalue weighted by atomic mass is 10.00. The van der Waals surface area contributed by atoms with Gasteiger partial charge in [-0.3, -0.25) is 9.69 Å². The van der Waals surface area contributed by atoms with Gasteiger partial charge in [0.1, 0.15) is 0 Å². The molecule has 1 N–H and O–H groups in total. The van der Waals surface area contributed by atoms with Crippen LogP contribution >= 0.6 is 23.2 Å². The van der Waals surface area contributed by atoms with E-state index in [1.165, 1.54) is 0 Å². The molecule has 0 radical (unpaired) electrons. The molecule has 1 aromatic heterocycles. The molecular formula is C22H21Cl2N3O. The number of carbonyl (C=O) groups is 1. The standard InChI is InChI=1S/C22H21Cl2N3O/c23-18-9-8-17(13-19(18)24)22-20-7-4-10-26(20)11-12-27(22)15-21(28)25-14-16-5-2-1-3-6-16/h1-10,13,22H,11-12,14-15H2,(H,25,28). The summed E-state index contributed by atoms with van der Waals surface area (Å²) >= 11 is 12.4. The lowest BCUT2D eigenvalue weighted by Crippen LogP contribution is -2.44. The Balaban J connectivity index is 1.53. The van der Waals surface area contributed by atoms with Crippen LogP contribution in [0, 0.1) is 0 Å². The Morgan fingerprint density at radius 1 is 1.00 bits per heavy atom. The van der Waals surface area contributed by atoms with Crippen LogP contribution in [0.5, 0.6) is 0 Å². The normalized spacial score (nSPS) is 16.6. The van der Waals surface area contributed by atoms with Crippen LogP contribution in [0.15, 0.2) is 66.9 Å². The third kappa shape index (κ3) is 4.09. The fourth-order valence-electron chi connectivity index (χ4n) is 3.70. The summed E-state index contributed by atoms with van der Waals surface area (Å²) in [5.74, 6) is 0.00826. The number of amides is 1. The predicted molar refractivity (Wildman–Crippen MR) is 113 cm³/mol. The minimum absolute atomic E-state index is 0.00826. The van der Waals surface area contributed by atoms with E-state index in [0.29, 0.717) is 23.1 Å². The van der Waals surface area contributed by atoms with Gasteiger partial charge >= 0.3 is 0 Å².